The van der Waals surface area contributed by atoms with Crippen LogP contribution in [0.4, 0.5) is 27.1 Å². The number of nitrogens with one attached hydrogen (secondary N) is 1. The molecular weight excluding hydrogens is 265 g/mol. The van der Waals surface area contributed by atoms with Crippen molar-refractivity contribution in [2.75, 3.05) is 18.2 Å². The van der Waals surface area contributed by atoms with Gasteiger partial charge in [0.25, 0.3) is 5.69 Å². The molecule has 0 spiro atoms. The zero-order valence-corrected chi connectivity index (χ0v) is 10.6. The van der Waals surface area contributed by atoms with Gasteiger partial charge in [-0.2, -0.15) is 0 Å². The van der Waals surface area contributed by atoms with Crippen LogP contribution in [-0.2, 0) is 0 Å². The summed E-state index contributed by atoms with van der Waals surface area (Å²) >= 11 is 0. The van der Waals surface area contributed by atoms with Crippen LogP contribution in [0.15, 0.2) is 36.4 Å². The molecule has 2 aromatic carbocycles. The Bertz CT molecular complexity index is 661. The highest BCUT2D eigenvalue weighted by molar-refractivity contribution is 5.71. The molecule has 0 saturated carbocycles. The van der Waals surface area contributed by atoms with Gasteiger partial charge < -0.3 is 15.8 Å². The molecule has 0 aromatic heterocycles. The third kappa shape index (κ3) is 2.94. The number of hydrogen-bond donors (Lipinski definition) is 2. The molecular formula is C13H12FN3O3. The summed E-state index contributed by atoms with van der Waals surface area (Å²) in [5.74, 6) is -0.152. The van der Waals surface area contributed by atoms with Gasteiger partial charge in [0.1, 0.15) is 11.6 Å². The summed E-state index contributed by atoms with van der Waals surface area (Å²) < 4.78 is 18.1. The fraction of sp³-hybridized carbons (Fsp3) is 0.0769. The highest BCUT2D eigenvalue weighted by atomic mass is 19.1. The lowest BCUT2D eigenvalue weighted by Crippen LogP contribution is -1.98. The maximum absolute atomic E-state index is 13.1. The van der Waals surface area contributed by atoms with E-state index >= 15 is 0 Å². The third-order valence-electron chi connectivity index (χ3n) is 2.59. The van der Waals surface area contributed by atoms with E-state index in [1.807, 2.05) is 0 Å². The number of anilines is 3. The van der Waals surface area contributed by atoms with Gasteiger partial charge in [0, 0.05) is 29.6 Å². The number of benzene rings is 2. The van der Waals surface area contributed by atoms with Crippen molar-refractivity contribution < 1.29 is 14.1 Å². The summed E-state index contributed by atoms with van der Waals surface area (Å²) in [5.41, 5.74) is 6.63. The van der Waals surface area contributed by atoms with Gasteiger partial charge >= 0.3 is 0 Å². The lowest BCUT2D eigenvalue weighted by atomic mass is 10.2. The van der Waals surface area contributed by atoms with E-state index in [9.17, 15) is 14.5 Å². The lowest BCUT2D eigenvalue weighted by Gasteiger charge is -2.11. The molecule has 0 atom stereocenters. The maximum Gasteiger partial charge on any atom is 0.273 e. The van der Waals surface area contributed by atoms with Crippen LogP contribution in [0.25, 0.3) is 0 Å². The second-order valence-corrected chi connectivity index (χ2v) is 4.04. The van der Waals surface area contributed by atoms with E-state index in [0.717, 1.165) is 0 Å². The van der Waals surface area contributed by atoms with Crippen LogP contribution in [0.5, 0.6) is 5.75 Å². The fourth-order valence-corrected chi connectivity index (χ4v) is 1.74. The van der Waals surface area contributed by atoms with Gasteiger partial charge in [0.2, 0.25) is 0 Å². The summed E-state index contributed by atoms with van der Waals surface area (Å²) in [6.07, 6.45) is 0. The van der Waals surface area contributed by atoms with E-state index < -0.39 is 10.7 Å². The van der Waals surface area contributed by atoms with Crippen molar-refractivity contribution in [1.29, 1.82) is 0 Å². The zero-order chi connectivity index (χ0) is 14.7. The van der Waals surface area contributed by atoms with Crippen LogP contribution in [0.3, 0.4) is 0 Å². The van der Waals surface area contributed by atoms with Gasteiger partial charge in [-0.1, -0.05) is 0 Å². The first-order valence-electron chi connectivity index (χ1n) is 5.65. The number of ether oxygens (including phenoxy) is 1. The standard InChI is InChI=1S/C13H12FN3O3/c1-20-13-4-8(14)2-3-12(13)16-10-5-9(15)6-11(7-10)17(18)19/h2-7,16H,15H2,1H3. The van der Waals surface area contributed by atoms with Crippen LogP contribution < -0.4 is 15.8 Å². The van der Waals surface area contributed by atoms with E-state index in [1.165, 1.54) is 43.5 Å². The molecule has 2 aromatic rings. The van der Waals surface area contributed by atoms with Crippen molar-refractivity contribution in [3.63, 3.8) is 0 Å². The van der Waals surface area contributed by atoms with Crippen LogP contribution >= 0.6 is 0 Å². The van der Waals surface area contributed by atoms with Gasteiger partial charge in [-0.25, -0.2) is 4.39 Å². The monoisotopic (exact) mass is 277 g/mol. The van der Waals surface area contributed by atoms with Crippen molar-refractivity contribution >= 4 is 22.7 Å². The molecule has 2 rings (SSSR count). The molecule has 0 heterocycles. The Morgan fingerprint density at radius 2 is 2.05 bits per heavy atom. The molecule has 104 valence electrons. The van der Waals surface area contributed by atoms with Crippen molar-refractivity contribution in [2.24, 2.45) is 0 Å². The summed E-state index contributed by atoms with van der Waals surface area (Å²) in [6.45, 7) is 0. The normalized spacial score (nSPS) is 10.1. The average Bonchev–Trinajstić information content (AvgIpc) is 2.40. The molecule has 0 radical (unpaired) electrons. The van der Waals surface area contributed by atoms with E-state index in [4.69, 9.17) is 10.5 Å². The minimum atomic E-state index is -0.538. The SMILES string of the molecule is COc1cc(F)ccc1Nc1cc(N)cc([N+](=O)[O-])c1. The summed E-state index contributed by atoms with van der Waals surface area (Å²) in [5, 5.41) is 13.7. The molecule has 0 fully saturated rings. The molecule has 0 amide bonds. The van der Waals surface area contributed by atoms with Crippen molar-refractivity contribution in [3.05, 3.63) is 52.3 Å². The van der Waals surface area contributed by atoms with Gasteiger partial charge in [-0.3, -0.25) is 10.1 Å². The summed E-state index contributed by atoms with van der Waals surface area (Å²) in [4.78, 5) is 10.2. The zero-order valence-electron chi connectivity index (χ0n) is 10.6. The van der Waals surface area contributed by atoms with Crippen molar-refractivity contribution in [1.82, 2.24) is 0 Å². The number of rotatable bonds is 4. The van der Waals surface area contributed by atoms with E-state index in [-0.39, 0.29) is 17.1 Å². The van der Waals surface area contributed by atoms with E-state index in [2.05, 4.69) is 5.32 Å². The Labute approximate surface area is 114 Å². The van der Waals surface area contributed by atoms with Crippen molar-refractivity contribution in [3.8, 4) is 5.75 Å². The molecule has 7 heteroatoms. The fourth-order valence-electron chi connectivity index (χ4n) is 1.74. The molecule has 3 N–H and O–H groups in total. The molecule has 0 saturated heterocycles. The van der Waals surface area contributed by atoms with Crippen LogP contribution in [0.1, 0.15) is 0 Å². The molecule has 0 bridgehead atoms. The molecule has 0 unspecified atom stereocenters. The molecule has 0 aliphatic carbocycles. The Hall–Kier alpha value is -2.83. The number of methoxy groups -OCH3 is 1. The second kappa shape index (κ2) is 5.43. The largest absolute Gasteiger partial charge is 0.494 e. The quantitative estimate of drug-likeness (QED) is 0.509. The van der Waals surface area contributed by atoms with Crippen LogP contribution in [-0.4, -0.2) is 12.0 Å². The van der Waals surface area contributed by atoms with Gasteiger partial charge in [0.15, 0.2) is 0 Å². The molecule has 0 aliphatic heterocycles. The van der Waals surface area contributed by atoms with Gasteiger partial charge in [-0.05, 0) is 18.2 Å². The Morgan fingerprint density at radius 1 is 1.30 bits per heavy atom. The van der Waals surface area contributed by atoms with E-state index in [0.29, 0.717) is 11.4 Å². The number of non-ortho nitro benzene ring substituents is 1. The third-order valence-corrected chi connectivity index (χ3v) is 2.59. The second-order valence-electron chi connectivity index (χ2n) is 4.04. The van der Waals surface area contributed by atoms with Crippen LogP contribution in [0.2, 0.25) is 0 Å². The Balaban J connectivity index is 2.37. The van der Waals surface area contributed by atoms with Crippen molar-refractivity contribution in [2.45, 2.75) is 0 Å². The first-order valence-corrected chi connectivity index (χ1v) is 5.65. The van der Waals surface area contributed by atoms with Gasteiger partial charge in [0.05, 0.1) is 17.7 Å². The number of nitrogens with zero attached hydrogens (tertiary/aromatic N) is 1. The number of halogens is 1. The summed E-state index contributed by atoms with van der Waals surface area (Å²) in [6, 6.07) is 8.07. The van der Waals surface area contributed by atoms with Crippen LogP contribution in [0, 0.1) is 15.9 Å². The average molecular weight is 277 g/mol. The topological polar surface area (TPSA) is 90.4 Å². The number of nitro groups is 1. The number of nitrogens with two attached hydrogens (primary N) is 1. The highest BCUT2D eigenvalue weighted by Crippen LogP contribution is 2.30. The smallest absolute Gasteiger partial charge is 0.273 e. The first-order chi connectivity index (χ1) is 9.49. The predicted octanol–water partition coefficient (Wildman–Crippen LogP) is 3.07. The van der Waals surface area contributed by atoms with E-state index in [1.54, 1.807) is 0 Å². The number of nitro benzene ring substituents is 1. The molecule has 6 nitrogen and oxygen atoms in total. The molecule has 0 aliphatic rings. The maximum atomic E-state index is 13.1. The Kier molecular flexibility index (Phi) is 3.69. The number of hydrogen-bond acceptors (Lipinski definition) is 5. The highest BCUT2D eigenvalue weighted by Gasteiger charge is 2.10. The summed E-state index contributed by atoms with van der Waals surface area (Å²) in [7, 11) is 1.40. The molecule has 20 heavy (non-hydrogen) atoms. The lowest BCUT2D eigenvalue weighted by molar-refractivity contribution is -0.384. The minimum Gasteiger partial charge on any atom is -0.494 e. The predicted molar refractivity (Wildman–Crippen MR) is 73.7 cm³/mol. The Morgan fingerprint density at radius 3 is 2.70 bits per heavy atom. The number of nitrogen functional groups attached to an aromatic ring is 1. The minimum absolute atomic E-state index is 0.131. The van der Waals surface area contributed by atoms with Gasteiger partial charge in [-0.15, -0.1) is 0 Å². The first kappa shape index (κ1) is 13.6.